The van der Waals surface area contributed by atoms with Crippen LogP contribution in [0, 0.1) is 5.92 Å². The summed E-state index contributed by atoms with van der Waals surface area (Å²) < 4.78 is 0. The van der Waals surface area contributed by atoms with Crippen LogP contribution in [0.1, 0.15) is 42.5 Å². The molecular weight excluding hydrogens is 232 g/mol. The normalized spacial score (nSPS) is 15.6. The number of nitrogens with zero attached hydrogens (tertiary/aromatic N) is 1. The average Bonchev–Trinajstić information content (AvgIpc) is 2.82. The van der Waals surface area contributed by atoms with Gasteiger partial charge in [-0.05, 0) is 30.9 Å². The highest BCUT2D eigenvalue weighted by Crippen LogP contribution is 2.27. The van der Waals surface area contributed by atoms with Crippen LogP contribution in [0.4, 0.5) is 5.82 Å². The maximum Gasteiger partial charge on any atom is 0.339 e. The van der Waals surface area contributed by atoms with Gasteiger partial charge in [-0.15, -0.1) is 0 Å². The lowest BCUT2D eigenvalue weighted by Gasteiger charge is -2.10. The topological polar surface area (TPSA) is 79.3 Å². The van der Waals surface area contributed by atoms with Crippen molar-refractivity contribution in [2.24, 2.45) is 5.92 Å². The molecule has 0 atom stereocenters. The zero-order valence-corrected chi connectivity index (χ0v) is 10.1. The van der Waals surface area contributed by atoms with E-state index in [0.29, 0.717) is 12.3 Å². The first-order chi connectivity index (χ1) is 8.66. The number of nitrogens with one attached hydrogen (secondary N) is 1. The predicted molar refractivity (Wildman–Crippen MR) is 66.4 cm³/mol. The summed E-state index contributed by atoms with van der Waals surface area (Å²) in [5.41, 5.74) is 0.0253. The van der Waals surface area contributed by atoms with E-state index in [0.717, 1.165) is 12.8 Å². The van der Waals surface area contributed by atoms with E-state index in [4.69, 9.17) is 5.11 Å². The van der Waals surface area contributed by atoms with E-state index >= 15 is 0 Å². The second kappa shape index (κ2) is 5.62. The number of hydrogen-bond donors (Lipinski definition) is 2. The van der Waals surface area contributed by atoms with Crippen molar-refractivity contribution in [1.29, 1.82) is 0 Å². The monoisotopic (exact) mass is 248 g/mol. The fourth-order valence-corrected chi connectivity index (χ4v) is 2.34. The molecule has 0 aromatic carbocycles. The zero-order chi connectivity index (χ0) is 13.0. The molecule has 0 saturated heterocycles. The van der Waals surface area contributed by atoms with Gasteiger partial charge in [0.05, 0.1) is 0 Å². The van der Waals surface area contributed by atoms with E-state index in [2.05, 4.69) is 10.3 Å². The Hall–Kier alpha value is -1.91. The Morgan fingerprint density at radius 3 is 2.78 bits per heavy atom. The van der Waals surface area contributed by atoms with Crippen molar-refractivity contribution in [2.45, 2.75) is 32.1 Å². The summed E-state index contributed by atoms with van der Waals surface area (Å²) in [4.78, 5) is 26.7. The van der Waals surface area contributed by atoms with Crippen LogP contribution in [0.15, 0.2) is 18.3 Å². The molecular formula is C13H16N2O3. The summed E-state index contributed by atoms with van der Waals surface area (Å²) in [5.74, 6) is -0.669. The number of hydrogen-bond acceptors (Lipinski definition) is 3. The lowest BCUT2D eigenvalue weighted by Crippen LogP contribution is -2.18. The molecule has 18 heavy (non-hydrogen) atoms. The molecule has 1 aromatic heterocycles. The molecule has 1 heterocycles. The van der Waals surface area contributed by atoms with Gasteiger partial charge in [0.1, 0.15) is 11.4 Å². The average molecular weight is 248 g/mol. The molecule has 5 nitrogen and oxygen atoms in total. The van der Waals surface area contributed by atoms with Gasteiger partial charge in [0.15, 0.2) is 0 Å². The smallest absolute Gasteiger partial charge is 0.339 e. The minimum Gasteiger partial charge on any atom is -0.478 e. The summed E-state index contributed by atoms with van der Waals surface area (Å²) in [6, 6.07) is 2.97. The molecule has 0 unspecified atom stereocenters. The van der Waals surface area contributed by atoms with Crippen molar-refractivity contribution in [2.75, 3.05) is 5.32 Å². The lowest BCUT2D eigenvalue weighted by atomic mass is 10.0. The van der Waals surface area contributed by atoms with Crippen LogP contribution < -0.4 is 5.32 Å². The third-order valence-corrected chi connectivity index (χ3v) is 3.24. The molecule has 1 amide bonds. The number of carbonyl (C=O) groups excluding carboxylic acids is 1. The Balaban J connectivity index is 2.00. The molecule has 96 valence electrons. The SMILES string of the molecule is O=C(CC1CCCC1)Nc1ncccc1C(=O)O. The summed E-state index contributed by atoms with van der Waals surface area (Å²) in [6.07, 6.45) is 6.46. The first-order valence-corrected chi connectivity index (χ1v) is 6.15. The number of anilines is 1. The molecule has 1 aromatic rings. The maximum atomic E-state index is 11.8. The van der Waals surface area contributed by atoms with Gasteiger partial charge in [0, 0.05) is 12.6 Å². The Morgan fingerprint density at radius 1 is 1.39 bits per heavy atom. The lowest BCUT2D eigenvalue weighted by molar-refractivity contribution is -0.117. The maximum absolute atomic E-state index is 11.8. The molecule has 1 fully saturated rings. The van der Waals surface area contributed by atoms with E-state index in [1.54, 1.807) is 0 Å². The Kier molecular flexibility index (Phi) is 3.92. The Labute approximate surface area is 105 Å². The third kappa shape index (κ3) is 3.06. The van der Waals surface area contributed by atoms with E-state index in [1.165, 1.54) is 31.2 Å². The van der Waals surface area contributed by atoms with Crippen molar-refractivity contribution in [3.05, 3.63) is 23.9 Å². The van der Waals surface area contributed by atoms with E-state index in [-0.39, 0.29) is 17.3 Å². The van der Waals surface area contributed by atoms with Gasteiger partial charge in [-0.25, -0.2) is 9.78 Å². The number of carboxylic acids is 1. The van der Waals surface area contributed by atoms with Crippen molar-refractivity contribution < 1.29 is 14.7 Å². The van der Waals surface area contributed by atoms with Gasteiger partial charge < -0.3 is 10.4 Å². The molecule has 0 bridgehead atoms. The first kappa shape index (κ1) is 12.5. The number of aromatic carboxylic acids is 1. The highest BCUT2D eigenvalue weighted by atomic mass is 16.4. The highest BCUT2D eigenvalue weighted by Gasteiger charge is 2.20. The third-order valence-electron chi connectivity index (χ3n) is 3.24. The minimum atomic E-state index is -1.08. The second-order valence-electron chi connectivity index (χ2n) is 4.61. The number of rotatable bonds is 4. The highest BCUT2D eigenvalue weighted by molar-refractivity contribution is 5.99. The van der Waals surface area contributed by atoms with E-state index < -0.39 is 5.97 Å². The van der Waals surface area contributed by atoms with E-state index in [9.17, 15) is 9.59 Å². The molecule has 1 aliphatic carbocycles. The largest absolute Gasteiger partial charge is 0.478 e. The van der Waals surface area contributed by atoms with Gasteiger partial charge in [-0.2, -0.15) is 0 Å². The fourth-order valence-electron chi connectivity index (χ4n) is 2.34. The van der Waals surface area contributed by atoms with Crippen molar-refractivity contribution in [1.82, 2.24) is 4.98 Å². The number of carbonyl (C=O) groups is 2. The summed E-state index contributed by atoms with van der Waals surface area (Å²) in [7, 11) is 0. The predicted octanol–water partition coefficient (Wildman–Crippen LogP) is 2.30. The van der Waals surface area contributed by atoms with Crippen molar-refractivity contribution in [3.63, 3.8) is 0 Å². The molecule has 5 heteroatoms. The molecule has 0 aliphatic heterocycles. The van der Waals surface area contributed by atoms with Gasteiger partial charge in [-0.1, -0.05) is 12.8 Å². The standard InChI is InChI=1S/C13H16N2O3/c16-11(8-9-4-1-2-5-9)15-12-10(13(17)18)6-3-7-14-12/h3,6-7,9H,1-2,4-5,8H2,(H,17,18)(H,14,15,16). The number of aromatic nitrogens is 1. The molecule has 0 spiro atoms. The van der Waals surface area contributed by atoms with Crippen LogP contribution in [0.25, 0.3) is 0 Å². The van der Waals surface area contributed by atoms with Crippen LogP contribution in [0.5, 0.6) is 0 Å². The fraction of sp³-hybridized carbons (Fsp3) is 0.462. The van der Waals surface area contributed by atoms with Crippen molar-refractivity contribution in [3.8, 4) is 0 Å². The summed E-state index contributed by atoms with van der Waals surface area (Å²) in [6.45, 7) is 0. The minimum absolute atomic E-state index is 0.0253. The molecule has 2 N–H and O–H groups in total. The zero-order valence-electron chi connectivity index (χ0n) is 10.1. The van der Waals surface area contributed by atoms with Gasteiger partial charge in [0.2, 0.25) is 5.91 Å². The van der Waals surface area contributed by atoms with Crippen LogP contribution in [-0.4, -0.2) is 22.0 Å². The molecule has 1 saturated carbocycles. The van der Waals surface area contributed by atoms with Crippen LogP contribution in [0.3, 0.4) is 0 Å². The first-order valence-electron chi connectivity index (χ1n) is 6.15. The Morgan fingerprint density at radius 2 is 2.11 bits per heavy atom. The molecule has 0 radical (unpaired) electrons. The van der Waals surface area contributed by atoms with Crippen LogP contribution >= 0.6 is 0 Å². The number of pyridine rings is 1. The quantitative estimate of drug-likeness (QED) is 0.856. The van der Waals surface area contributed by atoms with Crippen LogP contribution in [-0.2, 0) is 4.79 Å². The van der Waals surface area contributed by atoms with E-state index in [1.807, 2.05) is 0 Å². The van der Waals surface area contributed by atoms with Gasteiger partial charge >= 0.3 is 5.97 Å². The second-order valence-corrected chi connectivity index (χ2v) is 4.61. The number of carboxylic acid groups (broad SMARTS) is 1. The Bertz CT molecular complexity index is 453. The van der Waals surface area contributed by atoms with Crippen LogP contribution in [0.2, 0.25) is 0 Å². The van der Waals surface area contributed by atoms with Gasteiger partial charge in [-0.3, -0.25) is 4.79 Å². The molecule has 2 rings (SSSR count). The summed E-state index contributed by atoms with van der Waals surface area (Å²) >= 11 is 0. The molecule has 1 aliphatic rings. The van der Waals surface area contributed by atoms with Gasteiger partial charge in [0.25, 0.3) is 0 Å². The number of amides is 1. The van der Waals surface area contributed by atoms with Crippen molar-refractivity contribution >= 4 is 17.7 Å². The summed E-state index contributed by atoms with van der Waals surface area (Å²) in [5, 5.41) is 11.6.